The molecule has 1 atom stereocenters. The molecular weight excluding hydrogens is 200 g/mol. The third-order valence-electron chi connectivity index (χ3n) is 2.71. The third kappa shape index (κ3) is 4.14. The standard InChI is InChI=1S/C12H22N4/c1-4-6-8-11(7-5-2)13-9-12-14-10-15-16(12)3/h4,10-11,13H,1,5-9H2,2-3H3. The summed E-state index contributed by atoms with van der Waals surface area (Å²) in [6, 6.07) is 0.555. The average Bonchev–Trinajstić information content (AvgIpc) is 2.68. The number of nitrogens with one attached hydrogen (secondary N) is 1. The molecular formula is C12H22N4. The van der Waals surface area contributed by atoms with E-state index in [1.54, 1.807) is 6.33 Å². The van der Waals surface area contributed by atoms with E-state index >= 15 is 0 Å². The largest absolute Gasteiger partial charge is 0.307 e. The number of hydrogen-bond acceptors (Lipinski definition) is 3. The van der Waals surface area contributed by atoms with Crippen LogP contribution in [0.1, 0.15) is 38.4 Å². The van der Waals surface area contributed by atoms with E-state index in [0.717, 1.165) is 25.2 Å². The first-order chi connectivity index (χ1) is 7.77. The van der Waals surface area contributed by atoms with Gasteiger partial charge in [-0.1, -0.05) is 19.4 Å². The van der Waals surface area contributed by atoms with Crippen molar-refractivity contribution >= 4 is 0 Å². The Morgan fingerprint density at radius 3 is 2.94 bits per heavy atom. The summed E-state index contributed by atoms with van der Waals surface area (Å²) in [4.78, 5) is 4.20. The van der Waals surface area contributed by atoms with Crippen molar-refractivity contribution in [3.8, 4) is 0 Å². The molecule has 0 saturated carbocycles. The van der Waals surface area contributed by atoms with Gasteiger partial charge in [-0.3, -0.25) is 4.68 Å². The molecule has 1 heterocycles. The van der Waals surface area contributed by atoms with E-state index in [1.807, 2.05) is 17.8 Å². The summed E-state index contributed by atoms with van der Waals surface area (Å²) in [7, 11) is 1.92. The highest BCUT2D eigenvalue weighted by molar-refractivity contribution is 4.84. The van der Waals surface area contributed by atoms with Gasteiger partial charge in [-0.2, -0.15) is 5.10 Å². The quantitative estimate of drug-likeness (QED) is 0.684. The summed E-state index contributed by atoms with van der Waals surface area (Å²) >= 11 is 0. The molecule has 1 aromatic heterocycles. The van der Waals surface area contributed by atoms with Crippen LogP contribution in [0.25, 0.3) is 0 Å². The molecule has 0 aliphatic heterocycles. The van der Waals surface area contributed by atoms with Crippen LogP contribution in [0.4, 0.5) is 0 Å². The van der Waals surface area contributed by atoms with E-state index in [1.165, 1.54) is 12.8 Å². The van der Waals surface area contributed by atoms with Gasteiger partial charge >= 0.3 is 0 Å². The van der Waals surface area contributed by atoms with Gasteiger partial charge in [-0.25, -0.2) is 4.98 Å². The second-order valence-electron chi connectivity index (χ2n) is 4.03. The molecule has 0 radical (unpaired) electrons. The van der Waals surface area contributed by atoms with Gasteiger partial charge in [-0.05, 0) is 19.3 Å². The highest BCUT2D eigenvalue weighted by Crippen LogP contribution is 2.06. The smallest absolute Gasteiger partial charge is 0.140 e. The van der Waals surface area contributed by atoms with Crippen LogP contribution < -0.4 is 5.32 Å². The lowest BCUT2D eigenvalue weighted by Crippen LogP contribution is -2.29. The van der Waals surface area contributed by atoms with Crippen molar-refractivity contribution in [3.05, 3.63) is 24.8 Å². The molecule has 0 amide bonds. The Labute approximate surface area is 97.8 Å². The van der Waals surface area contributed by atoms with Crippen LogP contribution in [0.3, 0.4) is 0 Å². The Morgan fingerprint density at radius 1 is 1.56 bits per heavy atom. The van der Waals surface area contributed by atoms with Crippen molar-refractivity contribution < 1.29 is 0 Å². The van der Waals surface area contributed by atoms with Gasteiger partial charge in [-0.15, -0.1) is 6.58 Å². The Balaban J connectivity index is 2.36. The summed E-state index contributed by atoms with van der Waals surface area (Å²) in [6.45, 7) is 6.77. The van der Waals surface area contributed by atoms with Gasteiger partial charge in [0.1, 0.15) is 12.2 Å². The van der Waals surface area contributed by atoms with Crippen molar-refractivity contribution in [1.82, 2.24) is 20.1 Å². The van der Waals surface area contributed by atoms with Crippen LogP contribution in [-0.4, -0.2) is 20.8 Å². The minimum absolute atomic E-state index is 0.555. The number of rotatable bonds is 8. The highest BCUT2D eigenvalue weighted by Gasteiger charge is 2.07. The first kappa shape index (κ1) is 12.9. The monoisotopic (exact) mass is 222 g/mol. The van der Waals surface area contributed by atoms with Crippen LogP contribution >= 0.6 is 0 Å². The average molecular weight is 222 g/mol. The molecule has 0 saturated heterocycles. The lowest BCUT2D eigenvalue weighted by Gasteiger charge is -2.16. The fraction of sp³-hybridized carbons (Fsp3) is 0.667. The number of hydrogen-bond donors (Lipinski definition) is 1. The normalized spacial score (nSPS) is 12.6. The van der Waals surface area contributed by atoms with Crippen molar-refractivity contribution in [1.29, 1.82) is 0 Å². The lowest BCUT2D eigenvalue weighted by atomic mass is 10.1. The predicted molar refractivity (Wildman–Crippen MR) is 66.0 cm³/mol. The molecule has 16 heavy (non-hydrogen) atoms. The molecule has 0 aliphatic carbocycles. The van der Waals surface area contributed by atoms with E-state index in [2.05, 4.69) is 28.9 Å². The summed E-state index contributed by atoms with van der Waals surface area (Å²) in [5.74, 6) is 0.986. The molecule has 1 aromatic rings. The maximum Gasteiger partial charge on any atom is 0.140 e. The number of aryl methyl sites for hydroxylation is 1. The van der Waals surface area contributed by atoms with Crippen LogP contribution in [0.15, 0.2) is 19.0 Å². The summed E-state index contributed by atoms with van der Waals surface area (Å²) in [6.07, 6.45) is 8.19. The van der Waals surface area contributed by atoms with Gasteiger partial charge in [0, 0.05) is 13.1 Å². The molecule has 4 heteroatoms. The Bertz CT molecular complexity index is 306. The predicted octanol–water partition coefficient (Wildman–Crippen LogP) is 2.04. The van der Waals surface area contributed by atoms with Crippen LogP contribution in [0.2, 0.25) is 0 Å². The first-order valence-corrected chi connectivity index (χ1v) is 5.95. The molecule has 0 spiro atoms. The number of allylic oxidation sites excluding steroid dienone is 1. The van der Waals surface area contributed by atoms with E-state index in [-0.39, 0.29) is 0 Å². The zero-order valence-electron chi connectivity index (χ0n) is 10.3. The van der Waals surface area contributed by atoms with Gasteiger partial charge in [0.25, 0.3) is 0 Å². The maximum atomic E-state index is 4.20. The van der Waals surface area contributed by atoms with Gasteiger partial charge in [0.15, 0.2) is 0 Å². The minimum Gasteiger partial charge on any atom is -0.307 e. The molecule has 1 rings (SSSR count). The summed E-state index contributed by atoms with van der Waals surface area (Å²) < 4.78 is 1.81. The van der Waals surface area contributed by atoms with E-state index in [9.17, 15) is 0 Å². The minimum atomic E-state index is 0.555. The van der Waals surface area contributed by atoms with Crippen molar-refractivity contribution in [2.75, 3.05) is 0 Å². The van der Waals surface area contributed by atoms with Gasteiger partial charge < -0.3 is 5.32 Å². The number of nitrogens with zero attached hydrogens (tertiary/aromatic N) is 3. The van der Waals surface area contributed by atoms with Gasteiger partial charge in [0.05, 0.1) is 6.54 Å². The van der Waals surface area contributed by atoms with Crippen LogP contribution in [-0.2, 0) is 13.6 Å². The summed E-state index contributed by atoms with van der Waals surface area (Å²) in [5, 5.41) is 7.58. The van der Waals surface area contributed by atoms with Crippen molar-refractivity contribution in [2.24, 2.45) is 7.05 Å². The van der Waals surface area contributed by atoms with Crippen molar-refractivity contribution in [2.45, 2.75) is 45.2 Å². The molecule has 1 N–H and O–H groups in total. The van der Waals surface area contributed by atoms with Gasteiger partial charge in [0.2, 0.25) is 0 Å². The molecule has 0 bridgehead atoms. The van der Waals surface area contributed by atoms with Crippen LogP contribution in [0.5, 0.6) is 0 Å². The lowest BCUT2D eigenvalue weighted by molar-refractivity contribution is 0.438. The first-order valence-electron chi connectivity index (χ1n) is 5.95. The number of aromatic nitrogens is 3. The second kappa shape index (κ2) is 7.17. The molecule has 4 nitrogen and oxygen atoms in total. The zero-order chi connectivity index (χ0) is 11.8. The zero-order valence-corrected chi connectivity index (χ0v) is 10.3. The molecule has 0 aliphatic rings. The molecule has 1 unspecified atom stereocenters. The summed E-state index contributed by atoms with van der Waals surface area (Å²) in [5.41, 5.74) is 0. The third-order valence-corrected chi connectivity index (χ3v) is 2.71. The van der Waals surface area contributed by atoms with E-state index in [4.69, 9.17) is 0 Å². The molecule has 0 fully saturated rings. The highest BCUT2D eigenvalue weighted by atomic mass is 15.3. The molecule has 0 aromatic carbocycles. The topological polar surface area (TPSA) is 42.7 Å². The van der Waals surface area contributed by atoms with E-state index in [0.29, 0.717) is 6.04 Å². The van der Waals surface area contributed by atoms with Crippen LogP contribution in [0, 0.1) is 0 Å². The second-order valence-corrected chi connectivity index (χ2v) is 4.03. The fourth-order valence-electron chi connectivity index (χ4n) is 1.73. The SMILES string of the molecule is C=CCCC(CCC)NCc1ncnn1C. The maximum absolute atomic E-state index is 4.20. The molecule has 90 valence electrons. The fourth-order valence-corrected chi connectivity index (χ4v) is 1.73. The van der Waals surface area contributed by atoms with E-state index < -0.39 is 0 Å². The Hall–Kier alpha value is -1.16. The Kier molecular flexibility index (Phi) is 5.78. The Morgan fingerprint density at radius 2 is 2.38 bits per heavy atom. The van der Waals surface area contributed by atoms with Crippen molar-refractivity contribution in [3.63, 3.8) is 0 Å².